The van der Waals surface area contributed by atoms with Gasteiger partial charge >= 0.3 is 0 Å². The van der Waals surface area contributed by atoms with Crippen LogP contribution in [0.2, 0.25) is 0 Å². The Bertz CT molecular complexity index is 5910. The minimum absolute atomic E-state index is 0.294. The molecule has 19 aromatic rings. The second kappa shape index (κ2) is 22.9. The molecule has 0 N–H and O–H groups in total. The van der Waals surface area contributed by atoms with E-state index in [1.807, 2.05) is 36.4 Å². The standard InChI is InChI=1S/C90H58F2N6/c91-63-33-37-67(38-34-63)93(73-49-51-85-81(57-73)79-27-11-13-31-83(79)95(85)65-21-3-1-4-22-65)69-41-45-71(46-42-69)97-87-53-62-56-90(78-30-16-20-60-18-8-10-26-76(60)78)98(88(62)54-61(87)55-89(97)77-29-15-19-59-17-7-9-25-75(59)77)72-47-43-70(44-48-72)94(68-39-35-64(92)36-40-68)74-50-52-86-82(58-74)80-28-12-14-32-84(80)96(86)66-23-5-2-6-24-66/h1-58H. The molecular weight excluding hydrogens is 1200 g/mol. The highest BCUT2D eigenvalue weighted by Crippen LogP contribution is 2.46. The second-order valence-corrected chi connectivity index (χ2v) is 25.2. The number of hydrogen-bond donors (Lipinski definition) is 0. The van der Waals surface area contributed by atoms with Gasteiger partial charge in [0.2, 0.25) is 0 Å². The summed E-state index contributed by atoms with van der Waals surface area (Å²) in [5.41, 5.74) is 20.5. The number of anilines is 6. The van der Waals surface area contributed by atoms with E-state index in [1.54, 1.807) is 0 Å². The molecule has 0 fully saturated rings. The molecule has 0 bridgehead atoms. The lowest BCUT2D eigenvalue weighted by Crippen LogP contribution is -2.10. The van der Waals surface area contributed by atoms with Crippen molar-refractivity contribution in [3.05, 3.63) is 363 Å². The van der Waals surface area contributed by atoms with Crippen LogP contribution < -0.4 is 9.80 Å². The Kier molecular flexibility index (Phi) is 13.2. The maximum Gasteiger partial charge on any atom is 0.123 e. The molecule has 462 valence electrons. The fraction of sp³-hybridized carbons (Fsp3) is 0. The zero-order valence-corrected chi connectivity index (χ0v) is 52.9. The highest BCUT2D eigenvalue weighted by Gasteiger charge is 2.24. The molecule has 8 heteroatoms. The van der Waals surface area contributed by atoms with Gasteiger partial charge in [-0.25, -0.2) is 8.78 Å². The van der Waals surface area contributed by atoms with Crippen LogP contribution in [-0.4, -0.2) is 18.3 Å². The first-order valence-corrected chi connectivity index (χ1v) is 33.1. The predicted octanol–water partition coefficient (Wildman–Crippen LogP) is 24.6. The average Bonchev–Trinajstić information content (AvgIpc) is 1.56. The average molecular weight is 1260 g/mol. The van der Waals surface area contributed by atoms with Gasteiger partial charge < -0.3 is 28.1 Å². The summed E-state index contributed by atoms with van der Waals surface area (Å²) in [7, 11) is 0. The van der Waals surface area contributed by atoms with Gasteiger partial charge in [0.15, 0.2) is 0 Å². The Morgan fingerprint density at radius 3 is 0.918 bits per heavy atom. The van der Waals surface area contributed by atoms with Crippen LogP contribution in [-0.2, 0) is 0 Å². The summed E-state index contributed by atoms with van der Waals surface area (Å²) < 4.78 is 39.3. The molecule has 0 aliphatic rings. The van der Waals surface area contributed by atoms with E-state index in [0.29, 0.717) is 0 Å². The lowest BCUT2D eigenvalue weighted by atomic mass is 10.0. The fourth-order valence-electron chi connectivity index (χ4n) is 15.2. The van der Waals surface area contributed by atoms with Gasteiger partial charge in [0.1, 0.15) is 11.6 Å². The molecule has 0 spiro atoms. The van der Waals surface area contributed by atoms with Crippen LogP contribution in [0.15, 0.2) is 352 Å². The van der Waals surface area contributed by atoms with Crippen LogP contribution in [0.3, 0.4) is 0 Å². The minimum atomic E-state index is -0.294. The molecule has 0 saturated carbocycles. The van der Waals surface area contributed by atoms with Crippen molar-refractivity contribution >= 4 is 121 Å². The molecule has 0 unspecified atom stereocenters. The smallest absolute Gasteiger partial charge is 0.123 e. The predicted molar refractivity (Wildman–Crippen MR) is 404 cm³/mol. The molecule has 0 aliphatic carbocycles. The van der Waals surface area contributed by atoms with Crippen molar-refractivity contribution in [2.75, 3.05) is 9.80 Å². The van der Waals surface area contributed by atoms with Crippen molar-refractivity contribution in [1.29, 1.82) is 0 Å². The van der Waals surface area contributed by atoms with Crippen LogP contribution in [0.1, 0.15) is 0 Å². The summed E-state index contributed by atoms with van der Waals surface area (Å²) in [4.78, 5) is 4.44. The molecule has 6 nitrogen and oxygen atoms in total. The van der Waals surface area contributed by atoms with E-state index in [4.69, 9.17) is 0 Å². The van der Waals surface area contributed by atoms with Crippen molar-refractivity contribution in [2.45, 2.75) is 0 Å². The van der Waals surface area contributed by atoms with E-state index in [1.165, 1.54) is 24.3 Å². The third kappa shape index (κ3) is 9.29. The summed E-state index contributed by atoms with van der Waals surface area (Å²) in [5.74, 6) is -0.588. The van der Waals surface area contributed by atoms with Crippen LogP contribution in [0.25, 0.3) is 132 Å². The van der Waals surface area contributed by atoms with Crippen molar-refractivity contribution in [3.63, 3.8) is 0 Å². The van der Waals surface area contributed by atoms with Crippen LogP contribution >= 0.6 is 0 Å². The van der Waals surface area contributed by atoms with Crippen molar-refractivity contribution in [3.8, 4) is 45.3 Å². The Labute approximate surface area is 563 Å². The maximum absolute atomic E-state index is 14.9. The molecule has 0 radical (unpaired) electrons. The van der Waals surface area contributed by atoms with E-state index in [0.717, 1.165) is 166 Å². The van der Waals surface area contributed by atoms with Gasteiger partial charge in [-0.2, -0.15) is 0 Å². The molecular formula is C90H58F2N6. The molecule has 0 saturated heterocycles. The molecule has 0 aliphatic heterocycles. The lowest BCUT2D eigenvalue weighted by molar-refractivity contribution is 0.627. The Morgan fingerprint density at radius 1 is 0.194 bits per heavy atom. The molecule has 0 atom stereocenters. The third-order valence-corrected chi connectivity index (χ3v) is 19.6. The summed E-state index contributed by atoms with van der Waals surface area (Å²) in [5, 5.41) is 11.3. The van der Waals surface area contributed by atoms with E-state index >= 15 is 0 Å². The fourth-order valence-corrected chi connectivity index (χ4v) is 15.2. The number of halogens is 2. The van der Waals surface area contributed by atoms with E-state index in [-0.39, 0.29) is 11.6 Å². The van der Waals surface area contributed by atoms with Crippen molar-refractivity contribution in [1.82, 2.24) is 18.3 Å². The van der Waals surface area contributed by atoms with Crippen LogP contribution in [0.5, 0.6) is 0 Å². The Morgan fingerprint density at radius 2 is 0.510 bits per heavy atom. The number of benzene rings is 15. The topological polar surface area (TPSA) is 26.2 Å². The highest BCUT2D eigenvalue weighted by molar-refractivity contribution is 6.13. The quantitative estimate of drug-likeness (QED) is 0.122. The van der Waals surface area contributed by atoms with Gasteiger partial charge in [-0.15, -0.1) is 0 Å². The zero-order valence-electron chi connectivity index (χ0n) is 52.9. The van der Waals surface area contributed by atoms with Gasteiger partial charge in [-0.3, -0.25) is 0 Å². The molecule has 15 aromatic carbocycles. The normalized spacial score (nSPS) is 11.8. The third-order valence-electron chi connectivity index (χ3n) is 19.6. The van der Waals surface area contributed by atoms with Gasteiger partial charge in [-0.1, -0.05) is 158 Å². The molecule has 4 heterocycles. The first-order valence-electron chi connectivity index (χ1n) is 33.1. The number of hydrogen-bond acceptors (Lipinski definition) is 2. The van der Waals surface area contributed by atoms with E-state index in [2.05, 4.69) is 319 Å². The van der Waals surface area contributed by atoms with Gasteiger partial charge in [0.05, 0.1) is 44.5 Å². The summed E-state index contributed by atoms with van der Waals surface area (Å²) in [6.45, 7) is 0. The summed E-state index contributed by atoms with van der Waals surface area (Å²) >= 11 is 0. The van der Waals surface area contributed by atoms with Crippen molar-refractivity contribution in [2.24, 2.45) is 0 Å². The number of fused-ring (bicyclic) bond motifs is 10. The number of rotatable bonds is 12. The first kappa shape index (κ1) is 56.5. The molecule has 4 aromatic heterocycles. The largest absolute Gasteiger partial charge is 0.310 e. The number of para-hydroxylation sites is 4. The van der Waals surface area contributed by atoms with Crippen molar-refractivity contribution < 1.29 is 8.78 Å². The number of nitrogens with zero attached hydrogens (tertiary/aromatic N) is 6. The lowest BCUT2D eigenvalue weighted by Gasteiger charge is -2.26. The van der Waals surface area contributed by atoms with Crippen LogP contribution in [0.4, 0.5) is 42.9 Å². The molecule has 0 amide bonds. The van der Waals surface area contributed by atoms with Crippen LogP contribution in [0, 0.1) is 11.6 Å². The van der Waals surface area contributed by atoms with E-state index < -0.39 is 0 Å². The first-order chi connectivity index (χ1) is 48.4. The van der Waals surface area contributed by atoms with Gasteiger partial charge in [-0.05, 0) is 216 Å². The monoisotopic (exact) mass is 1260 g/mol. The second-order valence-electron chi connectivity index (χ2n) is 25.2. The molecule has 19 rings (SSSR count). The Hall–Kier alpha value is -13.0. The highest BCUT2D eigenvalue weighted by atomic mass is 19.1. The summed E-state index contributed by atoms with van der Waals surface area (Å²) in [6, 6.07) is 122. The summed E-state index contributed by atoms with van der Waals surface area (Å²) in [6.07, 6.45) is 0. The maximum atomic E-state index is 14.9. The zero-order chi connectivity index (χ0) is 65.0. The van der Waals surface area contributed by atoms with Gasteiger partial charge in [0.25, 0.3) is 0 Å². The SMILES string of the molecule is Fc1ccc(N(c2ccc(-n3c(-c4cccc5ccccc45)cc4cc5c(cc(-c6cccc7ccccc67)n5-c5ccc(N(c6ccc(F)cc6)c6ccc7c(c6)c6ccccc6n7-c6ccccc6)cc5)cc43)cc2)c2ccc3c(c2)c2ccccc2n3-c2ccccc2)cc1. The van der Waals surface area contributed by atoms with Gasteiger partial charge in [0, 0.05) is 100 Å². The van der Waals surface area contributed by atoms with E-state index in [9.17, 15) is 8.78 Å². The minimum Gasteiger partial charge on any atom is -0.310 e. The molecule has 98 heavy (non-hydrogen) atoms. The Balaban J connectivity index is 0.777. The number of aromatic nitrogens is 4.